The molecule has 114 valence electrons. The number of carboxylic acids is 1. The predicted octanol–water partition coefficient (Wildman–Crippen LogP) is 1.27. The monoisotopic (exact) mass is 274 g/mol. The number of nitrogens with zero attached hydrogens (tertiary/aromatic N) is 2. The van der Waals surface area contributed by atoms with Gasteiger partial charge in [0.1, 0.15) is 0 Å². The SMILES string of the molecule is CCN(CC)CCCCN(CCCO)CCC(=O)O. The molecule has 0 fully saturated rings. The fourth-order valence-electron chi connectivity index (χ4n) is 2.09. The van der Waals surface area contributed by atoms with Crippen LogP contribution in [-0.4, -0.2) is 71.9 Å². The molecule has 0 heterocycles. The zero-order valence-electron chi connectivity index (χ0n) is 12.5. The third-order valence-corrected chi connectivity index (χ3v) is 3.37. The first kappa shape index (κ1) is 18.4. The first-order chi connectivity index (χ1) is 9.13. The van der Waals surface area contributed by atoms with Crippen molar-refractivity contribution in [1.82, 2.24) is 9.80 Å². The molecule has 5 nitrogen and oxygen atoms in total. The highest BCUT2D eigenvalue weighted by Crippen LogP contribution is 2.01. The summed E-state index contributed by atoms with van der Waals surface area (Å²) in [7, 11) is 0. The molecule has 0 atom stereocenters. The summed E-state index contributed by atoms with van der Waals surface area (Å²) in [5.74, 6) is -0.753. The van der Waals surface area contributed by atoms with Crippen LogP contribution in [0.25, 0.3) is 0 Å². The van der Waals surface area contributed by atoms with Crippen molar-refractivity contribution >= 4 is 5.97 Å². The van der Waals surface area contributed by atoms with Gasteiger partial charge < -0.3 is 20.0 Å². The Kier molecular flexibility index (Phi) is 12.0. The normalized spacial score (nSPS) is 11.4. The second-order valence-corrected chi connectivity index (χ2v) is 4.80. The lowest BCUT2D eigenvalue weighted by Gasteiger charge is -2.22. The van der Waals surface area contributed by atoms with E-state index in [1.807, 2.05) is 0 Å². The van der Waals surface area contributed by atoms with Gasteiger partial charge in [-0.15, -0.1) is 0 Å². The number of unbranched alkanes of at least 4 members (excludes halogenated alkanes) is 1. The van der Waals surface area contributed by atoms with Crippen LogP contribution in [-0.2, 0) is 4.79 Å². The van der Waals surface area contributed by atoms with Crippen molar-refractivity contribution in [2.75, 3.05) is 45.9 Å². The van der Waals surface area contributed by atoms with Gasteiger partial charge in [0.2, 0.25) is 0 Å². The molecule has 0 radical (unpaired) electrons. The molecule has 0 amide bonds. The van der Waals surface area contributed by atoms with Crippen molar-refractivity contribution in [1.29, 1.82) is 0 Å². The van der Waals surface area contributed by atoms with Crippen LogP contribution in [0.2, 0.25) is 0 Å². The largest absolute Gasteiger partial charge is 0.481 e. The second-order valence-electron chi connectivity index (χ2n) is 4.80. The van der Waals surface area contributed by atoms with E-state index in [1.165, 1.54) is 0 Å². The maximum Gasteiger partial charge on any atom is 0.304 e. The van der Waals surface area contributed by atoms with E-state index in [1.54, 1.807) is 0 Å². The van der Waals surface area contributed by atoms with Crippen LogP contribution in [0.5, 0.6) is 0 Å². The molecule has 0 spiro atoms. The molecule has 0 unspecified atom stereocenters. The fraction of sp³-hybridized carbons (Fsp3) is 0.929. The van der Waals surface area contributed by atoms with Crippen molar-refractivity contribution in [2.45, 2.75) is 39.5 Å². The minimum atomic E-state index is -0.753. The molecule has 0 bridgehead atoms. The van der Waals surface area contributed by atoms with Gasteiger partial charge in [-0.1, -0.05) is 13.8 Å². The van der Waals surface area contributed by atoms with Crippen LogP contribution in [0, 0.1) is 0 Å². The van der Waals surface area contributed by atoms with E-state index in [4.69, 9.17) is 10.2 Å². The molecule has 19 heavy (non-hydrogen) atoms. The summed E-state index contributed by atoms with van der Waals surface area (Å²) in [5.41, 5.74) is 0. The molecule has 2 N–H and O–H groups in total. The highest BCUT2D eigenvalue weighted by Gasteiger charge is 2.07. The van der Waals surface area contributed by atoms with E-state index < -0.39 is 5.97 Å². The third kappa shape index (κ3) is 10.9. The van der Waals surface area contributed by atoms with E-state index in [2.05, 4.69) is 23.6 Å². The second kappa shape index (κ2) is 12.4. The molecule has 0 aliphatic rings. The zero-order valence-corrected chi connectivity index (χ0v) is 12.5. The number of aliphatic hydroxyl groups excluding tert-OH is 1. The maximum absolute atomic E-state index is 10.6. The van der Waals surface area contributed by atoms with Crippen LogP contribution in [0.15, 0.2) is 0 Å². The molecule has 0 aliphatic heterocycles. The van der Waals surface area contributed by atoms with Crippen LogP contribution < -0.4 is 0 Å². The third-order valence-electron chi connectivity index (χ3n) is 3.37. The number of aliphatic hydroxyl groups is 1. The Morgan fingerprint density at radius 2 is 1.42 bits per heavy atom. The Morgan fingerprint density at radius 3 is 1.89 bits per heavy atom. The molecular weight excluding hydrogens is 244 g/mol. The Hall–Kier alpha value is -0.650. The fourth-order valence-corrected chi connectivity index (χ4v) is 2.09. The minimum Gasteiger partial charge on any atom is -0.481 e. The number of hydrogen-bond donors (Lipinski definition) is 2. The predicted molar refractivity (Wildman–Crippen MR) is 77.4 cm³/mol. The van der Waals surface area contributed by atoms with Crippen molar-refractivity contribution in [3.05, 3.63) is 0 Å². The summed E-state index contributed by atoms with van der Waals surface area (Å²) in [6.45, 7) is 10.1. The zero-order chi connectivity index (χ0) is 14.5. The number of carboxylic acid groups (broad SMARTS) is 1. The van der Waals surface area contributed by atoms with Gasteiger partial charge in [-0.3, -0.25) is 4.79 Å². The summed E-state index contributed by atoms with van der Waals surface area (Å²) in [6, 6.07) is 0. The van der Waals surface area contributed by atoms with E-state index in [-0.39, 0.29) is 13.0 Å². The molecular formula is C14H30N2O3. The maximum atomic E-state index is 10.6. The van der Waals surface area contributed by atoms with Crippen molar-refractivity contribution in [3.8, 4) is 0 Å². The molecule has 0 aromatic rings. The molecule has 0 aromatic carbocycles. The minimum absolute atomic E-state index is 0.170. The first-order valence-corrected chi connectivity index (χ1v) is 7.41. The van der Waals surface area contributed by atoms with E-state index in [0.717, 1.165) is 52.0 Å². The molecule has 0 saturated carbocycles. The van der Waals surface area contributed by atoms with Gasteiger partial charge in [-0.05, 0) is 45.4 Å². The lowest BCUT2D eigenvalue weighted by Crippen LogP contribution is -2.30. The van der Waals surface area contributed by atoms with E-state index in [9.17, 15) is 4.79 Å². The smallest absolute Gasteiger partial charge is 0.304 e. The Balaban J connectivity index is 3.80. The number of carbonyl (C=O) groups is 1. The average molecular weight is 274 g/mol. The van der Waals surface area contributed by atoms with Gasteiger partial charge in [0, 0.05) is 19.7 Å². The van der Waals surface area contributed by atoms with Crippen LogP contribution >= 0.6 is 0 Å². The quantitative estimate of drug-likeness (QED) is 0.495. The van der Waals surface area contributed by atoms with Gasteiger partial charge in [0.05, 0.1) is 6.42 Å². The van der Waals surface area contributed by atoms with Crippen LogP contribution in [0.1, 0.15) is 39.5 Å². The summed E-state index contributed by atoms with van der Waals surface area (Å²) in [6.07, 6.45) is 3.13. The van der Waals surface area contributed by atoms with Gasteiger partial charge >= 0.3 is 5.97 Å². The average Bonchev–Trinajstić information content (AvgIpc) is 2.40. The Labute approximate surface area is 117 Å². The van der Waals surface area contributed by atoms with E-state index >= 15 is 0 Å². The Morgan fingerprint density at radius 1 is 0.895 bits per heavy atom. The summed E-state index contributed by atoms with van der Waals surface area (Å²) in [5, 5.41) is 17.6. The number of rotatable bonds is 13. The lowest BCUT2D eigenvalue weighted by atomic mass is 10.2. The van der Waals surface area contributed by atoms with Crippen LogP contribution in [0.3, 0.4) is 0 Å². The molecule has 0 rings (SSSR count). The van der Waals surface area contributed by atoms with Gasteiger partial charge in [0.25, 0.3) is 0 Å². The topological polar surface area (TPSA) is 64.0 Å². The van der Waals surface area contributed by atoms with Crippen molar-refractivity contribution in [3.63, 3.8) is 0 Å². The summed E-state index contributed by atoms with van der Waals surface area (Å²) >= 11 is 0. The highest BCUT2D eigenvalue weighted by molar-refractivity contribution is 5.66. The van der Waals surface area contributed by atoms with Crippen molar-refractivity contribution in [2.24, 2.45) is 0 Å². The first-order valence-electron chi connectivity index (χ1n) is 7.41. The van der Waals surface area contributed by atoms with Crippen LogP contribution in [0.4, 0.5) is 0 Å². The van der Waals surface area contributed by atoms with Gasteiger partial charge in [-0.2, -0.15) is 0 Å². The van der Waals surface area contributed by atoms with Crippen molar-refractivity contribution < 1.29 is 15.0 Å². The molecule has 0 saturated heterocycles. The summed E-state index contributed by atoms with van der Waals surface area (Å²) in [4.78, 5) is 15.1. The van der Waals surface area contributed by atoms with E-state index in [0.29, 0.717) is 6.54 Å². The highest BCUT2D eigenvalue weighted by atomic mass is 16.4. The molecule has 0 aliphatic carbocycles. The Bertz CT molecular complexity index is 221. The molecule has 0 aromatic heterocycles. The number of hydrogen-bond acceptors (Lipinski definition) is 4. The lowest BCUT2D eigenvalue weighted by molar-refractivity contribution is -0.137. The number of aliphatic carboxylic acids is 1. The van der Waals surface area contributed by atoms with Gasteiger partial charge in [-0.25, -0.2) is 0 Å². The standard InChI is InChI=1S/C14H30N2O3/c1-3-15(4-2)9-5-6-10-16(11-7-13-17)12-8-14(18)19/h17H,3-13H2,1-2H3,(H,18,19). The van der Waals surface area contributed by atoms with Gasteiger partial charge in [0.15, 0.2) is 0 Å². The molecule has 5 heteroatoms. The summed E-state index contributed by atoms with van der Waals surface area (Å²) < 4.78 is 0.